The maximum Gasteiger partial charge on any atom is 0.306 e. The fraction of sp³-hybridized carbons (Fsp3) is 0.810. The molecule has 6 nitrogen and oxygen atoms in total. The highest BCUT2D eigenvalue weighted by Gasteiger charge is 2.19. The summed E-state index contributed by atoms with van der Waals surface area (Å²) < 4.78 is 16.8. The standard InChI is InChI=1S/C58H104O6/c1-4-7-10-13-16-19-22-25-27-29-30-32-33-36-39-42-45-48-51-57(60)63-54-55(53-62-56(59)50-47-44-41-38-35-24-21-18-15-12-9-6-3)64-58(61)52-49-46-43-40-37-34-31-28-26-23-20-17-14-11-8-5-2/h18,21-22,25,27,29-30,32,55H,4-17,19-20,23-24,26,28,31,33-54H2,1-3H3/b21-18-,25-22-,29-27-,32-30-. The second kappa shape index (κ2) is 53.0. The van der Waals surface area contributed by atoms with Crippen molar-refractivity contribution in [2.24, 2.45) is 0 Å². The van der Waals surface area contributed by atoms with Gasteiger partial charge in [-0.1, -0.05) is 243 Å². The first-order valence-corrected chi connectivity index (χ1v) is 27.7. The summed E-state index contributed by atoms with van der Waals surface area (Å²) >= 11 is 0. The molecule has 64 heavy (non-hydrogen) atoms. The van der Waals surface area contributed by atoms with E-state index in [1.54, 1.807) is 0 Å². The third-order valence-corrected chi connectivity index (χ3v) is 12.1. The van der Waals surface area contributed by atoms with E-state index in [4.69, 9.17) is 14.2 Å². The van der Waals surface area contributed by atoms with Crippen LogP contribution in [0.4, 0.5) is 0 Å². The molecule has 0 aromatic rings. The monoisotopic (exact) mass is 897 g/mol. The second-order valence-electron chi connectivity index (χ2n) is 18.6. The van der Waals surface area contributed by atoms with E-state index < -0.39 is 6.10 Å². The molecular formula is C58H104O6. The van der Waals surface area contributed by atoms with Crippen LogP contribution in [0.15, 0.2) is 48.6 Å². The molecule has 0 aliphatic rings. The summed E-state index contributed by atoms with van der Waals surface area (Å²) in [4.78, 5) is 38.0. The lowest BCUT2D eigenvalue weighted by Crippen LogP contribution is -2.30. The molecule has 6 heteroatoms. The zero-order valence-electron chi connectivity index (χ0n) is 42.6. The van der Waals surface area contributed by atoms with Gasteiger partial charge < -0.3 is 14.2 Å². The minimum atomic E-state index is -0.782. The second-order valence-corrected chi connectivity index (χ2v) is 18.6. The average molecular weight is 897 g/mol. The number of hydrogen-bond acceptors (Lipinski definition) is 6. The molecule has 0 bridgehead atoms. The lowest BCUT2D eigenvalue weighted by molar-refractivity contribution is -0.167. The van der Waals surface area contributed by atoms with Crippen molar-refractivity contribution >= 4 is 17.9 Å². The van der Waals surface area contributed by atoms with Crippen LogP contribution in [-0.2, 0) is 28.6 Å². The van der Waals surface area contributed by atoms with E-state index in [0.29, 0.717) is 19.3 Å². The Hall–Kier alpha value is -2.63. The van der Waals surface area contributed by atoms with Gasteiger partial charge in [0.15, 0.2) is 6.10 Å². The van der Waals surface area contributed by atoms with Crippen LogP contribution in [-0.4, -0.2) is 37.2 Å². The number of hydrogen-bond donors (Lipinski definition) is 0. The molecule has 372 valence electrons. The van der Waals surface area contributed by atoms with Crippen molar-refractivity contribution in [1.29, 1.82) is 0 Å². The van der Waals surface area contributed by atoms with Crippen molar-refractivity contribution in [2.45, 2.75) is 290 Å². The van der Waals surface area contributed by atoms with E-state index in [0.717, 1.165) is 83.5 Å². The van der Waals surface area contributed by atoms with Gasteiger partial charge in [0.05, 0.1) is 0 Å². The van der Waals surface area contributed by atoms with Crippen LogP contribution in [0.5, 0.6) is 0 Å². The van der Waals surface area contributed by atoms with E-state index in [1.165, 1.54) is 161 Å². The quantitative estimate of drug-likeness (QED) is 0.0199. The van der Waals surface area contributed by atoms with Crippen LogP contribution < -0.4 is 0 Å². The largest absolute Gasteiger partial charge is 0.462 e. The predicted molar refractivity (Wildman–Crippen MR) is 275 cm³/mol. The highest BCUT2D eigenvalue weighted by molar-refractivity contribution is 5.71. The van der Waals surface area contributed by atoms with Crippen LogP contribution in [0.3, 0.4) is 0 Å². The Morgan fingerprint density at radius 1 is 0.312 bits per heavy atom. The first-order valence-electron chi connectivity index (χ1n) is 27.7. The molecule has 0 rings (SSSR count). The van der Waals surface area contributed by atoms with Gasteiger partial charge in [-0.3, -0.25) is 14.4 Å². The highest BCUT2D eigenvalue weighted by Crippen LogP contribution is 2.16. The van der Waals surface area contributed by atoms with Gasteiger partial charge in [-0.15, -0.1) is 0 Å². The summed E-state index contributed by atoms with van der Waals surface area (Å²) in [6.07, 6.45) is 63.8. The van der Waals surface area contributed by atoms with Crippen molar-refractivity contribution in [3.8, 4) is 0 Å². The number of allylic oxidation sites excluding steroid dienone is 8. The molecule has 0 amide bonds. The first-order chi connectivity index (χ1) is 31.5. The molecule has 0 aliphatic heterocycles. The minimum absolute atomic E-state index is 0.0818. The highest BCUT2D eigenvalue weighted by atomic mass is 16.6. The molecule has 0 aliphatic carbocycles. The molecule has 0 heterocycles. The Bertz CT molecular complexity index is 1120. The zero-order chi connectivity index (χ0) is 46.5. The van der Waals surface area contributed by atoms with Crippen molar-refractivity contribution in [2.75, 3.05) is 13.2 Å². The van der Waals surface area contributed by atoms with E-state index in [2.05, 4.69) is 69.4 Å². The minimum Gasteiger partial charge on any atom is -0.462 e. The lowest BCUT2D eigenvalue weighted by Gasteiger charge is -2.18. The third kappa shape index (κ3) is 50.4. The van der Waals surface area contributed by atoms with Gasteiger partial charge in [0, 0.05) is 19.3 Å². The van der Waals surface area contributed by atoms with Gasteiger partial charge in [0.25, 0.3) is 0 Å². The molecule has 0 N–H and O–H groups in total. The van der Waals surface area contributed by atoms with Gasteiger partial charge in [-0.25, -0.2) is 0 Å². The van der Waals surface area contributed by atoms with E-state index >= 15 is 0 Å². The van der Waals surface area contributed by atoms with Gasteiger partial charge in [-0.05, 0) is 70.6 Å². The molecular weight excluding hydrogens is 793 g/mol. The summed E-state index contributed by atoms with van der Waals surface area (Å²) in [7, 11) is 0. The van der Waals surface area contributed by atoms with Crippen LogP contribution in [0.25, 0.3) is 0 Å². The SMILES string of the molecule is CCCCC/C=C\CCCCCCCC(=O)OCC(COC(=O)CCCCCCC\C=C/C=C\C=C/CCCCCCC)OC(=O)CCCCCCCCCCCCCCCCCC. The molecule has 0 saturated heterocycles. The maximum atomic E-state index is 12.8. The van der Waals surface area contributed by atoms with Crippen LogP contribution in [0, 0.1) is 0 Å². The smallest absolute Gasteiger partial charge is 0.306 e. The lowest BCUT2D eigenvalue weighted by atomic mass is 10.0. The molecule has 0 aromatic carbocycles. The van der Waals surface area contributed by atoms with Crippen molar-refractivity contribution < 1.29 is 28.6 Å². The van der Waals surface area contributed by atoms with E-state index in [1.807, 2.05) is 0 Å². The van der Waals surface area contributed by atoms with Crippen LogP contribution in [0.1, 0.15) is 284 Å². The number of rotatable bonds is 50. The molecule has 1 unspecified atom stereocenters. The Morgan fingerprint density at radius 3 is 0.938 bits per heavy atom. The summed E-state index contributed by atoms with van der Waals surface area (Å²) in [6, 6.07) is 0. The predicted octanol–water partition coefficient (Wildman–Crippen LogP) is 18.3. The Balaban J connectivity index is 4.39. The van der Waals surface area contributed by atoms with Crippen molar-refractivity contribution in [3.63, 3.8) is 0 Å². The average Bonchev–Trinajstić information content (AvgIpc) is 3.29. The summed E-state index contributed by atoms with van der Waals surface area (Å²) in [6.45, 7) is 6.60. The number of esters is 3. The van der Waals surface area contributed by atoms with E-state index in [-0.39, 0.29) is 31.1 Å². The normalized spacial score (nSPS) is 12.4. The molecule has 0 aromatic heterocycles. The number of carbonyl (C=O) groups is 3. The molecule has 1 atom stereocenters. The van der Waals surface area contributed by atoms with Crippen LogP contribution >= 0.6 is 0 Å². The fourth-order valence-corrected chi connectivity index (χ4v) is 7.91. The fourth-order valence-electron chi connectivity index (χ4n) is 7.91. The number of carbonyl (C=O) groups excluding carboxylic acids is 3. The third-order valence-electron chi connectivity index (χ3n) is 12.1. The van der Waals surface area contributed by atoms with Crippen molar-refractivity contribution in [1.82, 2.24) is 0 Å². The summed E-state index contributed by atoms with van der Waals surface area (Å²) in [5.41, 5.74) is 0. The van der Waals surface area contributed by atoms with E-state index in [9.17, 15) is 14.4 Å². The topological polar surface area (TPSA) is 78.9 Å². The Labute approximate surface area is 397 Å². The maximum absolute atomic E-state index is 12.8. The molecule has 0 radical (unpaired) electrons. The van der Waals surface area contributed by atoms with Gasteiger partial charge in [0.1, 0.15) is 13.2 Å². The van der Waals surface area contributed by atoms with Gasteiger partial charge >= 0.3 is 17.9 Å². The Morgan fingerprint density at radius 2 is 0.578 bits per heavy atom. The van der Waals surface area contributed by atoms with Crippen LogP contribution in [0.2, 0.25) is 0 Å². The van der Waals surface area contributed by atoms with Gasteiger partial charge in [0.2, 0.25) is 0 Å². The molecule has 0 fully saturated rings. The molecule has 0 saturated carbocycles. The summed E-state index contributed by atoms with van der Waals surface area (Å²) in [5.74, 6) is -0.898. The summed E-state index contributed by atoms with van der Waals surface area (Å²) in [5, 5.41) is 0. The number of unbranched alkanes of at least 4 members (excludes halogenated alkanes) is 33. The van der Waals surface area contributed by atoms with Gasteiger partial charge in [-0.2, -0.15) is 0 Å². The Kier molecular flexibility index (Phi) is 50.8. The first kappa shape index (κ1) is 61.4. The number of ether oxygens (including phenoxy) is 3. The molecule has 0 spiro atoms. The van der Waals surface area contributed by atoms with Crippen molar-refractivity contribution in [3.05, 3.63) is 48.6 Å². The zero-order valence-corrected chi connectivity index (χ0v) is 42.6.